The van der Waals surface area contributed by atoms with Crippen LogP contribution >= 0.6 is 11.6 Å². The summed E-state index contributed by atoms with van der Waals surface area (Å²) in [7, 11) is 0. The Hall–Kier alpha value is -1.16. The number of allylic oxidation sites excluding steroid dienone is 1. The largest absolute Gasteiger partial charge is 0.508 e. The first-order valence-corrected chi connectivity index (χ1v) is 5.11. The van der Waals surface area contributed by atoms with Crippen LogP contribution in [0.15, 0.2) is 24.3 Å². The van der Waals surface area contributed by atoms with E-state index in [2.05, 4.69) is 0 Å². The van der Waals surface area contributed by atoms with Crippen molar-refractivity contribution in [2.24, 2.45) is 0 Å². The van der Waals surface area contributed by atoms with E-state index in [1.165, 1.54) is 18.2 Å². The molecule has 16 heavy (non-hydrogen) atoms. The maximum absolute atomic E-state index is 12.6. The molecular weight excluding hydrogens is 241 g/mol. The second kappa shape index (κ2) is 5.25. The molecule has 1 rings (SSSR count). The Balaban J connectivity index is 3.08. The quantitative estimate of drug-likeness (QED) is 0.803. The number of aromatic hydroxyl groups is 1. The Labute approximate surface area is 96.2 Å². The number of phenols is 1. The molecule has 0 amide bonds. The van der Waals surface area contributed by atoms with Gasteiger partial charge in [-0.3, -0.25) is 0 Å². The van der Waals surface area contributed by atoms with Gasteiger partial charge in [-0.1, -0.05) is 18.2 Å². The first-order valence-electron chi connectivity index (χ1n) is 4.58. The Kier molecular flexibility index (Phi) is 4.24. The van der Waals surface area contributed by atoms with Crippen LogP contribution in [0.1, 0.15) is 17.5 Å². The van der Waals surface area contributed by atoms with Crippen molar-refractivity contribution in [2.75, 3.05) is 5.88 Å². The zero-order valence-corrected chi connectivity index (χ0v) is 9.02. The van der Waals surface area contributed by atoms with E-state index in [0.29, 0.717) is 18.4 Å². The van der Waals surface area contributed by atoms with Gasteiger partial charge in [0.05, 0.1) is 5.56 Å². The zero-order chi connectivity index (χ0) is 12.2. The van der Waals surface area contributed by atoms with Gasteiger partial charge in [0.15, 0.2) is 0 Å². The van der Waals surface area contributed by atoms with Gasteiger partial charge in [-0.15, -0.1) is 11.6 Å². The van der Waals surface area contributed by atoms with Crippen LogP contribution in [0.4, 0.5) is 13.2 Å². The van der Waals surface area contributed by atoms with E-state index >= 15 is 0 Å². The van der Waals surface area contributed by atoms with E-state index in [0.717, 1.165) is 0 Å². The molecule has 5 heteroatoms. The fourth-order valence-electron chi connectivity index (χ4n) is 1.21. The number of halogens is 4. The number of hydrogen-bond donors (Lipinski definition) is 1. The van der Waals surface area contributed by atoms with Gasteiger partial charge >= 0.3 is 6.18 Å². The Morgan fingerprint density at radius 1 is 1.31 bits per heavy atom. The van der Waals surface area contributed by atoms with Crippen LogP contribution in [-0.2, 0) is 6.18 Å². The van der Waals surface area contributed by atoms with Gasteiger partial charge in [-0.2, -0.15) is 13.2 Å². The lowest BCUT2D eigenvalue weighted by molar-refractivity contribution is -0.137. The second-order valence-electron chi connectivity index (χ2n) is 3.15. The SMILES string of the molecule is Oc1ccc(C=CCCCl)c(C(F)(F)F)c1. The first-order chi connectivity index (χ1) is 7.45. The van der Waals surface area contributed by atoms with Crippen molar-refractivity contribution in [1.29, 1.82) is 0 Å². The molecule has 0 aromatic heterocycles. The first kappa shape index (κ1) is 12.9. The van der Waals surface area contributed by atoms with E-state index in [-0.39, 0.29) is 5.56 Å². The molecule has 0 aliphatic heterocycles. The van der Waals surface area contributed by atoms with Crippen molar-refractivity contribution in [1.82, 2.24) is 0 Å². The lowest BCUT2D eigenvalue weighted by Crippen LogP contribution is -2.06. The van der Waals surface area contributed by atoms with E-state index in [1.54, 1.807) is 6.08 Å². The molecule has 1 aromatic rings. The zero-order valence-electron chi connectivity index (χ0n) is 8.26. The van der Waals surface area contributed by atoms with Gasteiger partial charge in [0.25, 0.3) is 0 Å². The van der Waals surface area contributed by atoms with Gasteiger partial charge < -0.3 is 5.11 Å². The third-order valence-corrected chi connectivity index (χ3v) is 2.13. The number of benzene rings is 1. The number of alkyl halides is 4. The number of rotatable bonds is 3. The fourth-order valence-corrected chi connectivity index (χ4v) is 1.33. The molecule has 0 unspecified atom stereocenters. The maximum atomic E-state index is 12.6. The summed E-state index contributed by atoms with van der Waals surface area (Å²) in [5.74, 6) is -0.0440. The average molecular weight is 251 g/mol. The smallest absolute Gasteiger partial charge is 0.417 e. The molecule has 0 saturated carbocycles. The fraction of sp³-hybridized carbons (Fsp3) is 0.273. The van der Waals surface area contributed by atoms with Gasteiger partial charge in [0.1, 0.15) is 5.75 Å². The van der Waals surface area contributed by atoms with Crippen molar-refractivity contribution < 1.29 is 18.3 Å². The lowest BCUT2D eigenvalue weighted by atomic mass is 10.1. The molecule has 1 aromatic carbocycles. The Bertz CT molecular complexity index is 385. The van der Waals surface area contributed by atoms with Crippen LogP contribution in [0.25, 0.3) is 6.08 Å². The molecule has 0 radical (unpaired) electrons. The standard InChI is InChI=1S/C11H10ClF3O/c12-6-2-1-3-8-4-5-9(16)7-10(8)11(13,14)15/h1,3-5,7,16H,2,6H2. The van der Waals surface area contributed by atoms with Crippen LogP contribution < -0.4 is 0 Å². The molecule has 88 valence electrons. The topological polar surface area (TPSA) is 20.2 Å². The van der Waals surface area contributed by atoms with E-state index in [9.17, 15) is 13.2 Å². The third kappa shape index (κ3) is 3.45. The summed E-state index contributed by atoms with van der Waals surface area (Å²) in [4.78, 5) is 0. The lowest BCUT2D eigenvalue weighted by Gasteiger charge is -2.10. The van der Waals surface area contributed by atoms with Crippen LogP contribution in [0.2, 0.25) is 0 Å². The van der Waals surface area contributed by atoms with Crippen molar-refractivity contribution >= 4 is 17.7 Å². The van der Waals surface area contributed by atoms with Crippen molar-refractivity contribution in [3.63, 3.8) is 0 Å². The summed E-state index contributed by atoms with van der Waals surface area (Å²) in [6.45, 7) is 0. The number of hydrogen-bond acceptors (Lipinski definition) is 1. The second-order valence-corrected chi connectivity index (χ2v) is 3.53. The van der Waals surface area contributed by atoms with Crippen LogP contribution in [0, 0.1) is 0 Å². The highest BCUT2D eigenvalue weighted by Crippen LogP contribution is 2.34. The third-order valence-electron chi connectivity index (χ3n) is 1.92. The Morgan fingerprint density at radius 3 is 2.56 bits per heavy atom. The average Bonchev–Trinajstić information content (AvgIpc) is 2.19. The van der Waals surface area contributed by atoms with Crippen molar-refractivity contribution in [3.05, 3.63) is 35.4 Å². The van der Waals surface area contributed by atoms with Crippen molar-refractivity contribution in [2.45, 2.75) is 12.6 Å². The van der Waals surface area contributed by atoms with E-state index in [1.807, 2.05) is 0 Å². The van der Waals surface area contributed by atoms with Crippen molar-refractivity contribution in [3.8, 4) is 5.75 Å². The minimum atomic E-state index is -4.47. The molecule has 0 atom stereocenters. The predicted molar refractivity (Wildman–Crippen MR) is 57.5 cm³/mol. The highest BCUT2D eigenvalue weighted by molar-refractivity contribution is 6.17. The monoisotopic (exact) mass is 250 g/mol. The summed E-state index contributed by atoms with van der Waals surface area (Å²) in [6.07, 6.45) is -1.06. The summed E-state index contributed by atoms with van der Waals surface area (Å²) in [5, 5.41) is 9.03. The van der Waals surface area contributed by atoms with E-state index < -0.39 is 17.5 Å². The summed E-state index contributed by atoms with van der Waals surface area (Å²) in [5.41, 5.74) is -0.825. The van der Waals surface area contributed by atoms with Gasteiger partial charge in [-0.05, 0) is 24.1 Å². The predicted octanol–water partition coefficient (Wildman–Crippen LogP) is 4.05. The molecule has 0 aliphatic carbocycles. The van der Waals surface area contributed by atoms with Crippen LogP contribution in [0.3, 0.4) is 0 Å². The molecule has 0 saturated heterocycles. The molecule has 0 fully saturated rings. The minimum Gasteiger partial charge on any atom is -0.508 e. The molecule has 1 nitrogen and oxygen atoms in total. The molecule has 0 bridgehead atoms. The summed E-state index contributed by atoms with van der Waals surface area (Å²) in [6, 6.07) is 3.15. The molecule has 0 spiro atoms. The highest BCUT2D eigenvalue weighted by Gasteiger charge is 2.33. The molecule has 1 N–H and O–H groups in total. The molecular formula is C11H10ClF3O. The summed E-state index contributed by atoms with van der Waals surface area (Å²) >= 11 is 5.41. The highest BCUT2D eigenvalue weighted by atomic mass is 35.5. The minimum absolute atomic E-state index is 0.0235. The maximum Gasteiger partial charge on any atom is 0.417 e. The van der Waals surface area contributed by atoms with Gasteiger partial charge in [-0.25, -0.2) is 0 Å². The normalized spacial score (nSPS) is 12.2. The van der Waals surface area contributed by atoms with Gasteiger partial charge in [0, 0.05) is 5.88 Å². The molecule has 0 heterocycles. The van der Waals surface area contributed by atoms with Crippen LogP contribution in [0.5, 0.6) is 5.75 Å². The summed E-state index contributed by atoms with van der Waals surface area (Å²) < 4.78 is 37.7. The van der Waals surface area contributed by atoms with E-state index in [4.69, 9.17) is 16.7 Å². The van der Waals surface area contributed by atoms with Crippen LogP contribution in [-0.4, -0.2) is 11.0 Å². The molecule has 0 aliphatic rings. The Morgan fingerprint density at radius 2 is 2.00 bits per heavy atom. The van der Waals surface area contributed by atoms with Gasteiger partial charge in [0.2, 0.25) is 0 Å². The number of phenolic OH excluding ortho intramolecular Hbond substituents is 1.